The second-order valence-electron chi connectivity index (χ2n) is 3.76. The smallest absolute Gasteiger partial charge is 0.195 e. The molecule has 0 aliphatic heterocycles. The third kappa shape index (κ3) is 2.18. The van der Waals surface area contributed by atoms with E-state index in [0.29, 0.717) is 16.9 Å². The number of benzene rings is 2. The fourth-order valence-electron chi connectivity index (χ4n) is 1.68. The fraction of sp³-hybridized carbons (Fsp3) is 0.0714. The van der Waals surface area contributed by atoms with Crippen molar-refractivity contribution in [3.05, 3.63) is 59.4 Å². The van der Waals surface area contributed by atoms with Crippen molar-refractivity contribution >= 4 is 11.5 Å². The molecule has 0 radical (unpaired) electrons. The maximum absolute atomic E-state index is 12.8. The van der Waals surface area contributed by atoms with Gasteiger partial charge in [0.2, 0.25) is 0 Å². The highest BCUT2D eigenvalue weighted by Gasteiger charge is 2.14. The van der Waals surface area contributed by atoms with E-state index in [-0.39, 0.29) is 17.3 Å². The summed E-state index contributed by atoms with van der Waals surface area (Å²) in [5.74, 6) is -0.195. The highest BCUT2D eigenvalue weighted by Crippen LogP contribution is 2.26. The molecule has 0 aliphatic carbocycles. The van der Waals surface area contributed by atoms with Crippen molar-refractivity contribution < 1.29 is 13.9 Å². The van der Waals surface area contributed by atoms with E-state index in [9.17, 15) is 9.18 Å². The third-order valence-electron chi connectivity index (χ3n) is 2.64. The molecule has 92 valence electrons. The number of carbonyl (C=O) groups is 1. The number of methoxy groups -OCH3 is 1. The van der Waals surface area contributed by atoms with Crippen LogP contribution in [0.5, 0.6) is 5.75 Å². The number of hydrogen-bond acceptors (Lipinski definition) is 3. The van der Waals surface area contributed by atoms with Gasteiger partial charge in [-0.3, -0.25) is 4.79 Å². The molecular formula is C14H12FNO2. The Balaban J connectivity index is 2.43. The molecule has 0 amide bonds. The normalized spacial score (nSPS) is 10.1. The highest BCUT2D eigenvalue weighted by molar-refractivity contribution is 6.12. The van der Waals surface area contributed by atoms with Gasteiger partial charge in [0.1, 0.15) is 11.6 Å². The fourth-order valence-corrected chi connectivity index (χ4v) is 1.68. The van der Waals surface area contributed by atoms with Crippen molar-refractivity contribution in [1.29, 1.82) is 0 Å². The van der Waals surface area contributed by atoms with Gasteiger partial charge in [-0.05, 0) is 36.4 Å². The van der Waals surface area contributed by atoms with Crippen molar-refractivity contribution in [1.82, 2.24) is 0 Å². The molecule has 2 N–H and O–H groups in total. The molecule has 4 heteroatoms. The van der Waals surface area contributed by atoms with E-state index in [4.69, 9.17) is 10.5 Å². The van der Waals surface area contributed by atoms with E-state index in [0.717, 1.165) is 0 Å². The van der Waals surface area contributed by atoms with Crippen molar-refractivity contribution in [3.63, 3.8) is 0 Å². The Labute approximate surface area is 104 Å². The van der Waals surface area contributed by atoms with E-state index >= 15 is 0 Å². The molecule has 0 atom stereocenters. The number of rotatable bonds is 3. The molecule has 0 aliphatic rings. The number of carbonyl (C=O) groups excluding carboxylic acids is 1. The number of ether oxygens (including phenoxy) is 1. The molecule has 2 rings (SSSR count). The first kappa shape index (κ1) is 12.1. The van der Waals surface area contributed by atoms with Crippen LogP contribution in [0.25, 0.3) is 0 Å². The van der Waals surface area contributed by atoms with Gasteiger partial charge in [0, 0.05) is 11.1 Å². The maximum Gasteiger partial charge on any atom is 0.195 e. The predicted octanol–water partition coefficient (Wildman–Crippen LogP) is 2.65. The Morgan fingerprint density at radius 1 is 1.17 bits per heavy atom. The predicted molar refractivity (Wildman–Crippen MR) is 67.2 cm³/mol. The number of para-hydroxylation sites is 1. The number of nitrogen functional groups attached to an aromatic ring is 1. The summed E-state index contributed by atoms with van der Waals surface area (Å²) < 4.78 is 17.8. The van der Waals surface area contributed by atoms with Crippen LogP contribution >= 0.6 is 0 Å². The van der Waals surface area contributed by atoms with Crippen LogP contribution in [0.4, 0.5) is 10.1 Å². The van der Waals surface area contributed by atoms with Gasteiger partial charge in [0.25, 0.3) is 0 Å². The molecule has 0 unspecified atom stereocenters. The molecule has 2 aromatic carbocycles. The van der Waals surface area contributed by atoms with Gasteiger partial charge in [-0.2, -0.15) is 0 Å². The van der Waals surface area contributed by atoms with E-state index in [2.05, 4.69) is 0 Å². The molecule has 0 bridgehead atoms. The second-order valence-corrected chi connectivity index (χ2v) is 3.76. The summed E-state index contributed by atoms with van der Waals surface area (Å²) in [4.78, 5) is 12.2. The van der Waals surface area contributed by atoms with Crippen molar-refractivity contribution in [2.45, 2.75) is 0 Å². The molecule has 0 heterocycles. The topological polar surface area (TPSA) is 52.3 Å². The van der Waals surface area contributed by atoms with Crippen molar-refractivity contribution in [2.75, 3.05) is 12.8 Å². The van der Waals surface area contributed by atoms with E-state index < -0.39 is 0 Å². The lowest BCUT2D eigenvalue weighted by Crippen LogP contribution is -2.06. The molecule has 0 spiro atoms. The van der Waals surface area contributed by atoms with Crippen LogP contribution in [0.1, 0.15) is 15.9 Å². The van der Waals surface area contributed by atoms with E-state index in [1.54, 1.807) is 18.2 Å². The molecular weight excluding hydrogens is 233 g/mol. The van der Waals surface area contributed by atoms with Gasteiger partial charge in [0.05, 0.1) is 12.8 Å². The zero-order valence-corrected chi connectivity index (χ0v) is 9.81. The summed E-state index contributed by atoms with van der Waals surface area (Å²) in [6.45, 7) is 0. The summed E-state index contributed by atoms with van der Waals surface area (Å²) in [6.07, 6.45) is 0. The number of ketones is 1. The van der Waals surface area contributed by atoms with Crippen LogP contribution in [0, 0.1) is 5.82 Å². The zero-order chi connectivity index (χ0) is 13.1. The van der Waals surface area contributed by atoms with E-state index in [1.807, 2.05) is 0 Å². The van der Waals surface area contributed by atoms with Gasteiger partial charge in [-0.1, -0.05) is 6.07 Å². The minimum Gasteiger partial charge on any atom is -0.495 e. The second kappa shape index (κ2) is 4.87. The Morgan fingerprint density at radius 3 is 2.44 bits per heavy atom. The van der Waals surface area contributed by atoms with Crippen molar-refractivity contribution in [3.8, 4) is 5.75 Å². The number of anilines is 1. The summed E-state index contributed by atoms with van der Waals surface area (Å²) in [5.41, 5.74) is 6.86. The zero-order valence-electron chi connectivity index (χ0n) is 9.81. The first-order valence-electron chi connectivity index (χ1n) is 5.36. The molecule has 0 fully saturated rings. The molecule has 18 heavy (non-hydrogen) atoms. The first-order chi connectivity index (χ1) is 8.63. The average Bonchev–Trinajstić information content (AvgIpc) is 2.39. The van der Waals surface area contributed by atoms with Gasteiger partial charge < -0.3 is 10.5 Å². The third-order valence-corrected chi connectivity index (χ3v) is 2.64. The number of hydrogen-bond donors (Lipinski definition) is 1. The Morgan fingerprint density at radius 2 is 1.83 bits per heavy atom. The van der Waals surface area contributed by atoms with Crippen LogP contribution in [0.2, 0.25) is 0 Å². The first-order valence-corrected chi connectivity index (χ1v) is 5.36. The van der Waals surface area contributed by atoms with Crippen LogP contribution in [-0.2, 0) is 0 Å². The quantitative estimate of drug-likeness (QED) is 0.668. The number of nitrogens with two attached hydrogens (primary N) is 1. The summed E-state index contributed by atoms with van der Waals surface area (Å²) >= 11 is 0. The Kier molecular flexibility index (Phi) is 3.28. The van der Waals surface area contributed by atoms with E-state index in [1.165, 1.54) is 31.4 Å². The molecule has 0 saturated heterocycles. The minimum atomic E-state index is -0.384. The minimum absolute atomic E-state index is 0.258. The van der Waals surface area contributed by atoms with Gasteiger partial charge in [0.15, 0.2) is 5.78 Å². The number of halogens is 1. The van der Waals surface area contributed by atoms with Gasteiger partial charge in [-0.15, -0.1) is 0 Å². The average molecular weight is 245 g/mol. The van der Waals surface area contributed by atoms with Crippen LogP contribution in [0.3, 0.4) is 0 Å². The maximum atomic E-state index is 12.8. The molecule has 0 aromatic heterocycles. The lowest BCUT2D eigenvalue weighted by molar-refractivity contribution is 0.103. The summed E-state index contributed by atoms with van der Waals surface area (Å²) in [5, 5.41) is 0. The van der Waals surface area contributed by atoms with Crippen molar-refractivity contribution in [2.24, 2.45) is 0 Å². The monoisotopic (exact) mass is 245 g/mol. The SMILES string of the molecule is COc1cccc(C(=O)c2ccc(F)cc2)c1N. The lowest BCUT2D eigenvalue weighted by Gasteiger charge is -2.09. The van der Waals surface area contributed by atoms with Crippen LogP contribution in [0.15, 0.2) is 42.5 Å². The largest absolute Gasteiger partial charge is 0.495 e. The summed E-state index contributed by atoms with van der Waals surface area (Å²) in [7, 11) is 1.48. The summed E-state index contributed by atoms with van der Waals surface area (Å²) in [6, 6.07) is 10.3. The van der Waals surface area contributed by atoms with Gasteiger partial charge >= 0.3 is 0 Å². The lowest BCUT2D eigenvalue weighted by atomic mass is 10.0. The molecule has 3 nitrogen and oxygen atoms in total. The van der Waals surface area contributed by atoms with Gasteiger partial charge in [-0.25, -0.2) is 4.39 Å². The molecule has 2 aromatic rings. The highest BCUT2D eigenvalue weighted by atomic mass is 19.1. The Bertz CT molecular complexity index is 579. The van der Waals surface area contributed by atoms with Crippen LogP contribution < -0.4 is 10.5 Å². The standard InChI is InChI=1S/C14H12FNO2/c1-18-12-4-2-3-11(13(12)16)14(17)9-5-7-10(15)8-6-9/h2-8H,16H2,1H3. The van der Waals surface area contributed by atoms with Crippen LogP contribution in [-0.4, -0.2) is 12.9 Å². The molecule has 0 saturated carbocycles. The Hall–Kier alpha value is -2.36.